The molecule has 1 saturated heterocycles. The second-order valence-corrected chi connectivity index (χ2v) is 4.78. The first kappa shape index (κ1) is 10.8. The molecule has 3 heteroatoms. The van der Waals surface area contributed by atoms with E-state index in [1.54, 1.807) is 0 Å². The fourth-order valence-electron chi connectivity index (χ4n) is 2.59. The fraction of sp³-hybridized carbons (Fsp3) is 0.429. The van der Waals surface area contributed by atoms with Crippen molar-refractivity contribution in [2.45, 2.75) is 25.4 Å². The third kappa shape index (κ3) is 2.35. The first-order valence-electron chi connectivity index (χ1n) is 6.42. The van der Waals surface area contributed by atoms with Crippen LogP contribution >= 0.6 is 0 Å². The lowest BCUT2D eigenvalue weighted by atomic mass is 10.1. The summed E-state index contributed by atoms with van der Waals surface area (Å²) in [4.78, 5) is 3.31. The summed E-state index contributed by atoms with van der Waals surface area (Å²) in [6, 6.07) is 9.13. The second kappa shape index (κ2) is 4.90. The molecule has 1 aromatic heterocycles. The third-order valence-electron chi connectivity index (χ3n) is 3.54. The number of fused-ring (bicyclic) bond motifs is 1. The van der Waals surface area contributed by atoms with E-state index in [4.69, 9.17) is 0 Å². The van der Waals surface area contributed by atoms with E-state index in [1.165, 1.54) is 35.9 Å². The first-order chi connectivity index (χ1) is 8.43. The zero-order chi connectivity index (χ0) is 11.5. The van der Waals surface area contributed by atoms with Crippen molar-refractivity contribution in [1.29, 1.82) is 0 Å². The largest absolute Gasteiger partial charge is 0.361 e. The highest BCUT2D eigenvalue weighted by atomic mass is 15.0. The number of hydrogen-bond donors (Lipinski definition) is 3. The molecule has 2 heterocycles. The van der Waals surface area contributed by atoms with Gasteiger partial charge in [0.1, 0.15) is 0 Å². The highest BCUT2D eigenvalue weighted by Gasteiger charge is 2.13. The van der Waals surface area contributed by atoms with Crippen LogP contribution in [0, 0.1) is 0 Å². The molecule has 0 bridgehead atoms. The number of rotatable bonds is 4. The van der Waals surface area contributed by atoms with Crippen molar-refractivity contribution < 1.29 is 0 Å². The topological polar surface area (TPSA) is 39.8 Å². The van der Waals surface area contributed by atoms with Gasteiger partial charge < -0.3 is 15.6 Å². The Labute approximate surface area is 102 Å². The van der Waals surface area contributed by atoms with Gasteiger partial charge >= 0.3 is 0 Å². The molecule has 3 nitrogen and oxygen atoms in total. The van der Waals surface area contributed by atoms with E-state index < -0.39 is 0 Å². The van der Waals surface area contributed by atoms with Crippen molar-refractivity contribution in [3.8, 4) is 0 Å². The third-order valence-corrected chi connectivity index (χ3v) is 3.54. The summed E-state index contributed by atoms with van der Waals surface area (Å²) in [5.41, 5.74) is 2.59. The van der Waals surface area contributed by atoms with Crippen molar-refractivity contribution >= 4 is 10.9 Å². The summed E-state index contributed by atoms with van der Waals surface area (Å²) in [7, 11) is 0. The lowest BCUT2D eigenvalue weighted by Gasteiger charge is -2.10. The Morgan fingerprint density at radius 2 is 2.24 bits per heavy atom. The molecular weight excluding hydrogens is 210 g/mol. The number of nitrogens with one attached hydrogen (secondary N) is 3. The van der Waals surface area contributed by atoms with Gasteiger partial charge in [-0.25, -0.2) is 0 Å². The van der Waals surface area contributed by atoms with Gasteiger partial charge in [0.15, 0.2) is 0 Å². The Bertz CT molecular complexity index is 483. The number of benzene rings is 1. The number of aromatic nitrogens is 1. The minimum absolute atomic E-state index is 0.667. The number of H-pyrrole nitrogens is 1. The molecule has 90 valence electrons. The maximum Gasteiger partial charge on any atom is 0.0457 e. The van der Waals surface area contributed by atoms with Crippen molar-refractivity contribution in [3.05, 3.63) is 36.0 Å². The van der Waals surface area contributed by atoms with E-state index in [0.29, 0.717) is 6.04 Å². The average molecular weight is 229 g/mol. The van der Waals surface area contributed by atoms with Crippen molar-refractivity contribution in [2.24, 2.45) is 0 Å². The lowest BCUT2D eigenvalue weighted by molar-refractivity contribution is 0.536. The van der Waals surface area contributed by atoms with Gasteiger partial charge in [-0.15, -0.1) is 0 Å². The first-order valence-corrected chi connectivity index (χ1v) is 6.42. The van der Waals surface area contributed by atoms with Crippen LogP contribution < -0.4 is 10.6 Å². The van der Waals surface area contributed by atoms with E-state index in [9.17, 15) is 0 Å². The molecule has 1 aromatic carbocycles. The average Bonchev–Trinajstić information content (AvgIpc) is 2.99. The molecule has 1 fully saturated rings. The van der Waals surface area contributed by atoms with E-state index in [2.05, 4.69) is 46.1 Å². The Balaban J connectivity index is 1.60. The summed E-state index contributed by atoms with van der Waals surface area (Å²) >= 11 is 0. The Morgan fingerprint density at radius 1 is 1.29 bits per heavy atom. The molecule has 1 unspecified atom stereocenters. The molecule has 3 rings (SSSR count). The van der Waals surface area contributed by atoms with Crippen LogP contribution in [0.3, 0.4) is 0 Å². The number of hydrogen-bond acceptors (Lipinski definition) is 2. The smallest absolute Gasteiger partial charge is 0.0457 e. The molecule has 0 saturated carbocycles. The van der Waals surface area contributed by atoms with Gasteiger partial charge in [-0.1, -0.05) is 18.2 Å². The molecule has 0 spiro atoms. The van der Waals surface area contributed by atoms with Crippen LogP contribution in [0.1, 0.15) is 18.4 Å². The van der Waals surface area contributed by atoms with Crippen molar-refractivity contribution in [1.82, 2.24) is 15.6 Å². The predicted molar refractivity (Wildman–Crippen MR) is 71.0 cm³/mol. The van der Waals surface area contributed by atoms with E-state index in [1.807, 2.05) is 0 Å². The molecule has 0 radical (unpaired) electrons. The summed E-state index contributed by atoms with van der Waals surface area (Å²) in [5, 5.41) is 8.38. The predicted octanol–water partition coefficient (Wildman–Crippen LogP) is 2.01. The van der Waals surface area contributed by atoms with Crippen molar-refractivity contribution in [3.63, 3.8) is 0 Å². The standard InChI is InChI=1S/C14H19N3/c1-2-6-14-13(5-1)11(9-17-14)8-15-10-12-4-3-7-16-12/h1-2,5-6,9,12,15-17H,3-4,7-8,10H2. The quantitative estimate of drug-likeness (QED) is 0.750. The maximum absolute atomic E-state index is 3.54. The summed E-state index contributed by atoms with van der Waals surface area (Å²) in [5.74, 6) is 0. The maximum atomic E-state index is 3.54. The van der Waals surface area contributed by atoms with E-state index in [-0.39, 0.29) is 0 Å². The molecule has 1 aliphatic rings. The van der Waals surface area contributed by atoms with Crippen LogP contribution in [-0.4, -0.2) is 24.1 Å². The summed E-state index contributed by atoms with van der Waals surface area (Å²) < 4.78 is 0. The van der Waals surface area contributed by atoms with Gasteiger partial charge in [0.2, 0.25) is 0 Å². The van der Waals surface area contributed by atoms with Gasteiger partial charge in [0, 0.05) is 36.2 Å². The van der Waals surface area contributed by atoms with Gasteiger partial charge in [-0.05, 0) is 31.0 Å². The van der Waals surface area contributed by atoms with Gasteiger partial charge in [0.25, 0.3) is 0 Å². The normalized spacial score (nSPS) is 20.1. The molecular formula is C14H19N3. The van der Waals surface area contributed by atoms with Crippen LogP contribution in [0.4, 0.5) is 0 Å². The molecule has 3 N–H and O–H groups in total. The Hall–Kier alpha value is -1.32. The van der Waals surface area contributed by atoms with Crippen LogP contribution in [0.2, 0.25) is 0 Å². The molecule has 1 atom stereocenters. The molecule has 17 heavy (non-hydrogen) atoms. The van der Waals surface area contributed by atoms with Gasteiger partial charge in [-0.2, -0.15) is 0 Å². The highest BCUT2D eigenvalue weighted by Crippen LogP contribution is 2.17. The number of para-hydroxylation sites is 1. The number of aromatic amines is 1. The highest BCUT2D eigenvalue weighted by molar-refractivity contribution is 5.82. The zero-order valence-electron chi connectivity index (χ0n) is 10.00. The van der Waals surface area contributed by atoms with Crippen LogP contribution in [0.5, 0.6) is 0 Å². The fourth-order valence-corrected chi connectivity index (χ4v) is 2.59. The second-order valence-electron chi connectivity index (χ2n) is 4.78. The molecule has 1 aliphatic heterocycles. The summed E-state index contributed by atoms with van der Waals surface area (Å²) in [6.07, 6.45) is 4.74. The van der Waals surface area contributed by atoms with Crippen molar-refractivity contribution in [2.75, 3.05) is 13.1 Å². The van der Waals surface area contributed by atoms with Crippen LogP contribution in [0.15, 0.2) is 30.5 Å². The monoisotopic (exact) mass is 229 g/mol. The lowest BCUT2D eigenvalue weighted by Crippen LogP contribution is -2.33. The van der Waals surface area contributed by atoms with Gasteiger partial charge in [-0.3, -0.25) is 0 Å². The minimum Gasteiger partial charge on any atom is -0.361 e. The molecule has 2 aromatic rings. The van der Waals surface area contributed by atoms with E-state index in [0.717, 1.165) is 13.1 Å². The van der Waals surface area contributed by atoms with Crippen LogP contribution in [0.25, 0.3) is 10.9 Å². The SMILES string of the molecule is c1ccc2c(CNCC3CCCN3)c[nH]c2c1. The zero-order valence-corrected chi connectivity index (χ0v) is 10.00. The van der Waals surface area contributed by atoms with E-state index >= 15 is 0 Å². The van der Waals surface area contributed by atoms with Gasteiger partial charge in [0.05, 0.1) is 0 Å². The Morgan fingerprint density at radius 3 is 3.12 bits per heavy atom. The van der Waals surface area contributed by atoms with Crippen LogP contribution in [-0.2, 0) is 6.54 Å². The minimum atomic E-state index is 0.667. The summed E-state index contributed by atoms with van der Waals surface area (Å²) in [6.45, 7) is 3.20. The molecule has 0 amide bonds. The Kier molecular flexibility index (Phi) is 3.12. The molecule has 0 aliphatic carbocycles.